The Morgan fingerprint density at radius 3 is 2.00 bits per heavy atom. The van der Waals surface area contributed by atoms with Crippen LogP contribution in [0.25, 0.3) is 0 Å². The zero-order chi connectivity index (χ0) is 11.6. The van der Waals surface area contributed by atoms with Crippen molar-refractivity contribution in [3.8, 4) is 0 Å². The summed E-state index contributed by atoms with van der Waals surface area (Å²) < 4.78 is 0. The number of rotatable bonds is 3. The molecule has 0 saturated heterocycles. The number of nitrogens with one attached hydrogen (secondary N) is 1. The van der Waals surface area contributed by atoms with E-state index in [1.54, 1.807) is 0 Å². The van der Waals surface area contributed by atoms with Gasteiger partial charge in [-0.3, -0.25) is 0 Å². The number of anilines is 1. The summed E-state index contributed by atoms with van der Waals surface area (Å²) >= 11 is 0. The monoisotopic (exact) mass is 206 g/mol. The predicted molar refractivity (Wildman–Crippen MR) is 67.5 cm³/mol. The molecule has 0 aliphatic carbocycles. The molecule has 0 heterocycles. The van der Waals surface area contributed by atoms with Crippen LogP contribution in [0.3, 0.4) is 0 Å². The van der Waals surface area contributed by atoms with E-state index >= 15 is 0 Å². The molecule has 15 heavy (non-hydrogen) atoms. The summed E-state index contributed by atoms with van der Waals surface area (Å²) in [6.45, 7) is 11.5. The van der Waals surface area contributed by atoms with Gasteiger partial charge in [0, 0.05) is 18.3 Å². The molecule has 0 aromatic heterocycles. The number of hydrogen-bond donors (Lipinski definition) is 2. The van der Waals surface area contributed by atoms with Crippen molar-refractivity contribution in [2.75, 3.05) is 11.9 Å². The molecule has 0 radical (unpaired) electrons. The van der Waals surface area contributed by atoms with Gasteiger partial charge >= 0.3 is 0 Å². The zero-order valence-electron chi connectivity index (χ0n) is 10.4. The summed E-state index contributed by atoms with van der Waals surface area (Å²) in [5.74, 6) is 0. The normalized spacial score (nSPS) is 12.7. The lowest BCUT2D eigenvalue weighted by molar-refractivity contribution is 0.779. The second-order valence-electron chi connectivity index (χ2n) is 4.49. The number of benzene rings is 1. The molecule has 0 fully saturated rings. The van der Waals surface area contributed by atoms with Gasteiger partial charge in [0.2, 0.25) is 0 Å². The lowest BCUT2D eigenvalue weighted by Crippen LogP contribution is -2.25. The highest BCUT2D eigenvalue weighted by molar-refractivity contribution is 5.62. The minimum Gasteiger partial charge on any atom is -0.383 e. The SMILES string of the molecule is Cc1cc(C)c(C)c(NCC(C)N)c1C. The first-order valence-corrected chi connectivity index (χ1v) is 5.50. The second kappa shape index (κ2) is 4.67. The van der Waals surface area contributed by atoms with Crippen molar-refractivity contribution in [1.29, 1.82) is 0 Å². The summed E-state index contributed by atoms with van der Waals surface area (Å²) in [6.07, 6.45) is 0. The summed E-state index contributed by atoms with van der Waals surface area (Å²) in [5, 5.41) is 3.44. The molecule has 0 spiro atoms. The quantitative estimate of drug-likeness (QED) is 0.798. The molecule has 0 bridgehead atoms. The van der Waals surface area contributed by atoms with E-state index in [2.05, 4.69) is 39.1 Å². The Morgan fingerprint density at radius 2 is 1.60 bits per heavy atom. The fourth-order valence-electron chi connectivity index (χ4n) is 1.75. The summed E-state index contributed by atoms with van der Waals surface area (Å²) in [6, 6.07) is 2.42. The molecule has 2 nitrogen and oxygen atoms in total. The van der Waals surface area contributed by atoms with Crippen molar-refractivity contribution in [2.24, 2.45) is 5.73 Å². The molecule has 0 aliphatic rings. The van der Waals surface area contributed by atoms with Crippen LogP contribution in [0.4, 0.5) is 5.69 Å². The van der Waals surface area contributed by atoms with E-state index in [0.29, 0.717) is 0 Å². The van der Waals surface area contributed by atoms with E-state index in [1.165, 1.54) is 27.9 Å². The standard InChI is InChI=1S/C13H22N2/c1-8-6-9(2)12(5)13(11(8)4)15-7-10(3)14/h6,10,15H,7,14H2,1-5H3. The van der Waals surface area contributed by atoms with Gasteiger partial charge in [-0.2, -0.15) is 0 Å². The third-order valence-electron chi connectivity index (χ3n) is 2.97. The lowest BCUT2D eigenvalue weighted by Gasteiger charge is -2.18. The van der Waals surface area contributed by atoms with Crippen molar-refractivity contribution in [1.82, 2.24) is 0 Å². The van der Waals surface area contributed by atoms with Crippen molar-refractivity contribution < 1.29 is 0 Å². The Hall–Kier alpha value is -1.02. The molecule has 2 heteroatoms. The van der Waals surface area contributed by atoms with Gasteiger partial charge in [0.05, 0.1) is 0 Å². The Morgan fingerprint density at radius 1 is 1.13 bits per heavy atom. The summed E-state index contributed by atoms with van der Waals surface area (Å²) in [7, 11) is 0. The molecule has 1 rings (SSSR count). The fraction of sp³-hybridized carbons (Fsp3) is 0.538. The highest BCUT2D eigenvalue weighted by Gasteiger charge is 2.08. The first-order chi connectivity index (χ1) is 6.93. The summed E-state index contributed by atoms with van der Waals surface area (Å²) in [4.78, 5) is 0. The van der Waals surface area contributed by atoms with Crippen LogP contribution in [0.5, 0.6) is 0 Å². The van der Waals surface area contributed by atoms with E-state index in [-0.39, 0.29) is 6.04 Å². The van der Waals surface area contributed by atoms with Gasteiger partial charge in [-0.15, -0.1) is 0 Å². The Bertz CT molecular complexity index is 328. The zero-order valence-corrected chi connectivity index (χ0v) is 10.4. The van der Waals surface area contributed by atoms with Gasteiger partial charge in [-0.05, 0) is 56.9 Å². The van der Waals surface area contributed by atoms with E-state index in [1.807, 2.05) is 6.92 Å². The van der Waals surface area contributed by atoms with Gasteiger partial charge in [-0.1, -0.05) is 6.07 Å². The van der Waals surface area contributed by atoms with Gasteiger partial charge in [-0.25, -0.2) is 0 Å². The van der Waals surface area contributed by atoms with Gasteiger partial charge in [0.15, 0.2) is 0 Å². The van der Waals surface area contributed by atoms with Gasteiger partial charge < -0.3 is 11.1 Å². The molecular formula is C13H22N2. The average molecular weight is 206 g/mol. The molecule has 3 N–H and O–H groups in total. The lowest BCUT2D eigenvalue weighted by atomic mass is 9.98. The molecule has 0 aliphatic heterocycles. The molecule has 1 unspecified atom stereocenters. The van der Waals surface area contributed by atoms with Crippen LogP contribution in [0.2, 0.25) is 0 Å². The minimum absolute atomic E-state index is 0.185. The Kier molecular flexibility index (Phi) is 3.75. The second-order valence-corrected chi connectivity index (χ2v) is 4.49. The van der Waals surface area contributed by atoms with Gasteiger partial charge in [0.25, 0.3) is 0 Å². The highest BCUT2D eigenvalue weighted by Crippen LogP contribution is 2.26. The molecule has 1 atom stereocenters. The van der Waals surface area contributed by atoms with E-state index in [9.17, 15) is 0 Å². The van der Waals surface area contributed by atoms with E-state index < -0.39 is 0 Å². The molecule has 1 aromatic rings. The first kappa shape index (κ1) is 12.1. The average Bonchev–Trinajstić information content (AvgIpc) is 2.14. The Balaban J connectivity index is 3.04. The topological polar surface area (TPSA) is 38.0 Å². The van der Waals surface area contributed by atoms with Crippen molar-refractivity contribution in [3.63, 3.8) is 0 Å². The van der Waals surface area contributed by atoms with Crippen molar-refractivity contribution in [2.45, 2.75) is 40.7 Å². The minimum atomic E-state index is 0.185. The van der Waals surface area contributed by atoms with Crippen LogP contribution in [-0.2, 0) is 0 Å². The number of aryl methyl sites for hydroxylation is 2. The first-order valence-electron chi connectivity index (χ1n) is 5.50. The predicted octanol–water partition coefficient (Wildman–Crippen LogP) is 2.68. The van der Waals surface area contributed by atoms with Crippen LogP contribution < -0.4 is 11.1 Å². The Labute approximate surface area is 92.9 Å². The maximum atomic E-state index is 5.75. The summed E-state index contributed by atoms with van der Waals surface area (Å²) in [5.41, 5.74) is 12.3. The van der Waals surface area contributed by atoms with Crippen molar-refractivity contribution >= 4 is 5.69 Å². The van der Waals surface area contributed by atoms with Crippen LogP contribution in [0.1, 0.15) is 29.2 Å². The number of hydrogen-bond acceptors (Lipinski definition) is 2. The molecule has 0 amide bonds. The number of nitrogens with two attached hydrogens (primary N) is 1. The van der Waals surface area contributed by atoms with Crippen LogP contribution in [0, 0.1) is 27.7 Å². The maximum absolute atomic E-state index is 5.75. The third-order valence-corrected chi connectivity index (χ3v) is 2.97. The fourth-order valence-corrected chi connectivity index (χ4v) is 1.75. The van der Waals surface area contributed by atoms with Crippen LogP contribution in [-0.4, -0.2) is 12.6 Å². The third kappa shape index (κ3) is 2.72. The maximum Gasteiger partial charge on any atom is 0.0405 e. The molecule has 84 valence electrons. The smallest absolute Gasteiger partial charge is 0.0405 e. The van der Waals surface area contributed by atoms with E-state index in [4.69, 9.17) is 5.73 Å². The van der Waals surface area contributed by atoms with E-state index in [0.717, 1.165) is 6.54 Å². The van der Waals surface area contributed by atoms with Crippen LogP contribution >= 0.6 is 0 Å². The molecular weight excluding hydrogens is 184 g/mol. The highest BCUT2D eigenvalue weighted by atomic mass is 14.9. The molecule has 0 saturated carbocycles. The van der Waals surface area contributed by atoms with Crippen molar-refractivity contribution in [3.05, 3.63) is 28.3 Å². The largest absolute Gasteiger partial charge is 0.383 e. The van der Waals surface area contributed by atoms with Gasteiger partial charge in [0.1, 0.15) is 0 Å². The van der Waals surface area contributed by atoms with Crippen LogP contribution in [0.15, 0.2) is 6.07 Å². The molecule has 1 aromatic carbocycles.